The number of amides is 1. The highest BCUT2D eigenvalue weighted by Crippen LogP contribution is 2.34. The standard InChI is InChI=1S/C17H18N4O2S/c1-20(8-4-7-18)12-17(22)21-14(15-5-2-9-23-15)11-13(19-21)16-6-3-10-24-16/h2-3,5-6,9-10,14H,4,8,11-12H2,1H3. The first-order valence-electron chi connectivity index (χ1n) is 7.71. The molecular weight excluding hydrogens is 324 g/mol. The number of hydrogen-bond donors (Lipinski definition) is 0. The minimum atomic E-state index is -0.214. The Labute approximate surface area is 144 Å². The van der Waals surface area contributed by atoms with E-state index >= 15 is 0 Å². The third kappa shape index (κ3) is 3.55. The molecule has 7 heteroatoms. The predicted octanol–water partition coefficient (Wildman–Crippen LogP) is 2.86. The number of hydrogen-bond acceptors (Lipinski definition) is 6. The molecule has 1 amide bonds. The fourth-order valence-corrected chi connectivity index (χ4v) is 3.38. The Morgan fingerprint density at radius 1 is 1.54 bits per heavy atom. The first kappa shape index (κ1) is 16.4. The molecule has 24 heavy (non-hydrogen) atoms. The van der Waals surface area contributed by atoms with E-state index < -0.39 is 0 Å². The number of carbonyl (C=O) groups is 1. The summed E-state index contributed by atoms with van der Waals surface area (Å²) in [6, 6.07) is 9.55. The highest BCUT2D eigenvalue weighted by atomic mass is 32.1. The van der Waals surface area contributed by atoms with Crippen LogP contribution in [0.3, 0.4) is 0 Å². The van der Waals surface area contributed by atoms with Crippen LogP contribution in [0.1, 0.15) is 29.5 Å². The Hall–Kier alpha value is -2.43. The van der Waals surface area contributed by atoms with Crippen LogP contribution >= 0.6 is 11.3 Å². The van der Waals surface area contributed by atoms with Gasteiger partial charge in [-0.3, -0.25) is 9.69 Å². The van der Waals surface area contributed by atoms with Crippen molar-refractivity contribution in [3.8, 4) is 6.07 Å². The van der Waals surface area contributed by atoms with Gasteiger partial charge in [-0.05, 0) is 30.6 Å². The SMILES string of the molecule is CN(CCC#N)CC(=O)N1N=C(c2cccs2)CC1c1ccco1. The smallest absolute Gasteiger partial charge is 0.257 e. The van der Waals surface area contributed by atoms with Crippen molar-refractivity contribution < 1.29 is 9.21 Å². The lowest BCUT2D eigenvalue weighted by Gasteiger charge is -2.22. The molecule has 0 N–H and O–H groups in total. The molecule has 2 aromatic heterocycles. The number of carbonyl (C=O) groups excluding carboxylic acids is 1. The summed E-state index contributed by atoms with van der Waals surface area (Å²) in [5.74, 6) is 0.640. The quantitative estimate of drug-likeness (QED) is 0.809. The number of hydrazone groups is 1. The van der Waals surface area contributed by atoms with Crippen molar-refractivity contribution in [3.63, 3.8) is 0 Å². The lowest BCUT2D eigenvalue weighted by Crippen LogP contribution is -2.36. The molecule has 3 heterocycles. The van der Waals surface area contributed by atoms with Gasteiger partial charge in [0.2, 0.25) is 0 Å². The molecule has 124 valence electrons. The molecule has 1 atom stereocenters. The van der Waals surface area contributed by atoms with Crippen LogP contribution in [0.25, 0.3) is 0 Å². The maximum absolute atomic E-state index is 12.7. The third-order valence-electron chi connectivity index (χ3n) is 3.85. The van der Waals surface area contributed by atoms with E-state index in [1.165, 1.54) is 5.01 Å². The van der Waals surface area contributed by atoms with E-state index in [4.69, 9.17) is 9.68 Å². The minimum absolute atomic E-state index is 0.0941. The molecular formula is C17H18N4O2S. The minimum Gasteiger partial charge on any atom is -0.467 e. The van der Waals surface area contributed by atoms with Crippen molar-refractivity contribution in [3.05, 3.63) is 46.5 Å². The van der Waals surface area contributed by atoms with Crippen molar-refractivity contribution in [2.75, 3.05) is 20.1 Å². The summed E-state index contributed by atoms with van der Waals surface area (Å²) in [5, 5.41) is 16.7. The normalized spacial score (nSPS) is 17.1. The third-order valence-corrected chi connectivity index (χ3v) is 4.77. The van der Waals surface area contributed by atoms with Crippen molar-refractivity contribution in [1.82, 2.24) is 9.91 Å². The largest absolute Gasteiger partial charge is 0.467 e. The monoisotopic (exact) mass is 342 g/mol. The lowest BCUT2D eigenvalue weighted by atomic mass is 10.1. The molecule has 2 aromatic rings. The Balaban J connectivity index is 1.78. The van der Waals surface area contributed by atoms with E-state index in [-0.39, 0.29) is 18.5 Å². The predicted molar refractivity (Wildman–Crippen MR) is 91.5 cm³/mol. The topological polar surface area (TPSA) is 72.8 Å². The van der Waals surface area contributed by atoms with Gasteiger partial charge >= 0.3 is 0 Å². The van der Waals surface area contributed by atoms with E-state index in [1.54, 1.807) is 17.6 Å². The zero-order valence-electron chi connectivity index (χ0n) is 13.4. The highest BCUT2D eigenvalue weighted by molar-refractivity contribution is 7.12. The second-order valence-corrected chi connectivity index (χ2v) is 6.59. The van der Waals surface area contributed by atoms with E-state index in [1.807, 2.05) is 41.6 Å². The van der Waals surface area contributed by atoms with Crippen LogP contribution in [0, 0.1) is 11.3 Å². The molecule has 6 nitrogen and oxygen atoms in total. The van der Waals surface area contributed by atoms with Gasteiger partial charge in [0.1, 0.15) is 11.8 Å². The van der Waals surface area contributed by atoms with Crippen LogP contribution in [-0.4, -0.2) is 41.7 Å². The molecule has 0 aromatic carbocycles. The molecule has 0 saturated carbocycles. The number of nitrogens with zero attached hydrogens (tertiary/aromatic N) is 4. The molecule has 0 fully saturated rings. The van der Waals surface area contributed by atoms with Crippen molar-refractivity contribution in [1.29, 1.82) is 5.26 Å². The van der Waals surface area contributed by atoms with Crippen LogP contribution in [0.4, 0.5) is 0 Å². The van der Waals surface area contributed by atoms with Gasteiger partial charge in [-0.1, -0.05) is 6.07 Å². The van der Waals surface area contributed by atoms with E-state index in [0.29, 0.717) is 19.4 Å². The van der Waals surface area contributed by atoms with Crippen molar-refractivity contribution in [2.45, 2.75) is 18.9 Å². The van der Waals surface area contributed by atoms with Crippen LogP contribution in [0.15, 0.2) is 45.4 Å². The van der Waals surface area contributed by atoms with Gasteiger partial charge in [0.25, 0.3) is 5.91 Å². The first-order valence-corrected chi connectivity index (χ1v) is 8.59. The maximum Gasteiger partial charge on any atom is 0.257 e. The van der Waals surface area contributed by atoms with Crippen molar-refractivity contribution >= 4 is 23.0 Å². The van der Waals surface area contributed by atoms with Gasteiger partial charge in [-0.25, -0.2) is 5.01 Å². The zero-order valence-corrected chi connectivity index (χ0v) is 14.2. The fraction of sp³-hybridized carbons (Fsp3) is 0.353. The Morgan fingerprint density at radius 3 is 3.08 bits per heavy atom. The van der Waals surface area contributed by atoms with Gasteiger partial charge in [0.05, 0.1) is 29.5 Å². The summed E-state index contributed by atoms with van der Waals surface area (Å²) < 4.78 is 5.51. The van der Waals surface area contributed by atoms with Crippen molar-refractivity contribution in [2.24, 2.45) is 5.10 Å². The average Bonchev–Trinajstić information content (AvgIpc) is 3.32. The molecule has 1 aliphatic rings. The van der Waals surface area contributed by atoms with E-state index in [0.717, 1.165) is 16.3 Å². The Morgan fingerprint density at radius 2 is 2.42 bits per heavy atom. The molecule has 0 spiro atoms. The second kappa shape index (κ2) is 7.43. The molecule has 0 aliphatic carbocycles. The number of thiophene rings is 1. The van der Waals surface area contributed by atoms with Crippen LogP contribution in [-0.2, 0) is 4.79 Å². The number of likely N-dealkylation sites (N-methyl/N-ethyl adjacent to an activating group) is 1. The Bertz CT molecular complexity index is 746. The lowest BCUT2D eigenvalue weighted by molar-refractivity contribution is -0.134. The van der Waals surface area contributed by atoms with Gasteiger partial charge in [0.15, 0.2) is 0 Å². The zero-order chi connectivity index (χ0) is 16.9. The molecule has 1 aliphatic heterocycles. The second-order valence-electron chi connectivity index (χ2n) is 5.64. The van der Waals surface area contributed by atoms with Crippen LogP contribution in [0.2, 0.25) is 0 Å². The summed E-state index contributed by atoms with van der Waals surface area (Å²) >= 11 is 1.61. The van der Waals surface area contributed by atoms with E-state index in [2.05, 4.69) is 11.2 Å². The summed E-state index contributed by atoms with van der Waals surface area (Å²) in [6.45, 7) is 0.781. The first-order chi connectivity index (χ1) is 11.7. The van der Waals surface area contributed by atoms with Gasteiger partial charge < -0.3 is 4.42 Å². The van der Waals surface area contributed by atoms with E-state index in [9.17, 15) is 4.79 Å². The highest BCUT2D eigenvalue weighted by Gasteiger charge is 2.35. The molecule has 1 unspecified atom stereocenters. The number of furan rings is 1. The van der Waals surface area contributed by atoms with Crippen LogP contribution in [0.5, 0.6) is 0 Å². The fourth-order valence-electron chi connectivity index (χ4n) is 2.66. The summed E-state index contributed by atoms with van der Waals surface area (Å²) in [4.78, 5) is 15.6. The Kier molecular flexibility index (Phi) is 5.08. The number of nitriles is 1. The maximum atomic E-state index is 12.7. The summed E-state index contributed by atoms with van der Waals surface area (Å²) in [6.07, 6.45) is 2.65. The van der Waals surface area contributed by atoms with Gasteiger partial charge in [-0.15, -0.1) is 11.3 Å². The van der Waals surface area contributed by atoms with Crippen LogP contribution < -0.4 is 0 Å². The molecule has 0 bridgehead atoms. The summed E-state index contributed by atoms with van der Waals surface area (Å²) in [7, 11) is 1.83. The number of rotatable bonds is 6. The molecule has 0 saturated heterocycles. The van der Waals surface area contributed by atoms with Gasteiger partial charge in [0, 0.05) is 19.4 Å². The molecule has 3 rings (SSSR count). The average molecular weight is 342 g/mol. The molecule has 0 radical (unpaired) electrons. The van der Waals surface area contributed by atoms with Gasteiger partial charge in [-0.2, -0.15) is 10.4 Å². The summed E-state index contributed by atoms with van der Waals surface area (Å²) in [5.41, 5.74) is 0.902.